The average molecular weight is 258 g/mol. The van der Waals surface area contributed by atoms with E-state index in [1.807, 2.05) is 20.0 Å². The summed E-state index contributed by atoms with van der Waals surface area (Å²) >= 11 is 3.32. The van der Waals surface area contributed by atoms with Crippen molar-refractivity contribution in [2.24, 2.45) is 0 Å². The standard InChI is InChI=1S/C11H13BrFN/c1-8(7-14-2)5-9-3-4-10(13)6-11(9)12/h3-6,14H,7H2,1-2H3/b8-5+. The molecule has 0 bridgehead atoms. The number of nitrogens with one attached hydrogen (secondary N) is 1. The van der Waals surface area contributed by atoms with Crippen LogP contribution in [0.5, 0.6) is 0 Å². The summed E-state index contributed by atoms with van der Waals surface area (Å²) in [6.07, 6.45) is 2.03. The second kappa shape index (κ2) is 5.27. The van der Waals surface area contributed by atoms with Crippen LogP contribution in [0, 0.1) is 5.82 Å². The summed E-state index contributed by atoms with van der Waals surface area (Å²) in [7, 11) is 1.90. The number of hydrogen-bond acceptors (Lipinski definition) is 1. The first kappa shape index (κ1) is 11.4. The van der Waals surface area contributed by atoms with Gasteiger partial charge in [-0.1, -0.05) is 33.6 Å². The summed E-state index contributed by atoms with van der Waals surface area (Å²) < 4.78 is 13.6. The van der Waals surface area contributed by atoms with Gasteiger partial charge in [-0.2, -0.15) is 0 Å². The molecule has 1 aromatic rings. The highest BCUT2D eigenvalue weighted by Crippen LogP contribution is 2.20. The van der Waals surface area contributed by atoms with Gasteiger partial charge in [0.2, 0.25) is 0 Å². The molecule has 0 fully saturated rings. The fourth-order valence-corrected chi connectivity index (χ4v) is 1.68. The Kier molecular flexibility index (Phi) is 4.29. The van der Waals surface area contributed by atoms with Crippen molar-refractivity contribution < 1.29 is 4.39 Å². The molecule has 1 N–H and O–H groups in total. The highest BCUT2D eigenvalue weighted by molar-refractivity contribution is 9.10. The van der Waals surface area contributed by atoms with Gasteiger partial charge in [0, 0.05) is 11.0 Å². The monoisotopic (exact) mass is 257 g/mol. The van der Waals surface area contributed by atoms with Crippen molar-refractivity contribution in [1.82, 2.24) is 5.32 Å². The van der Waals surface area contributed by atoms with Gasteiger partial charge in [-0.05, 0) is 31.7 Å². The van der Waals surface area contributed by atoms with Crippen LogP contribution in [-0.4, -0.2) is 13.6 Å². The predicted octanol–water partition coefficient (Wildman–Crippen LogP) is 3.21. The molecule has 3 heteroatoms. The fourth-order valence-electron chi connectivity index (χ4n) is 1.21. The summed E-state index contributed by atoms with van der Waals surface area (Å²) in [6, 6.07) is 4.69. The normalized spacial score (nSPS) is 11.9. The zero-order valence-electron chi connectivity index (χ0n) is 8.27. The molecule has 0 heterocycles. The first-order valence-corrected chi connectivity index (χ1v) is 5.19. The van der Waals surface area contributed by atoms with E-state index in [-0.39, 0.29) is 5.82 Å². The molecule has 0 aromatic heterocycles. The van der Waals surface area contributed by atoms with E-state index < -0.39 is 0 Å². The molecular weight excluding hydrogens is 245 g/mol. The Morgan fingerprint density at radius 2 is 2.29 bits per heavy atom. The molecule has 0 spiro atoms. The van der Waals surface area contributed by atoms with Gasteiger partial charge in [0.25, 0.3) is 0 Å². The van der Waals surface area contributed by atoms with Crippen LogP contribution in [0.2, 0.25) is 0 Å². The third-order valence-electron chi connectivity index (χ3n) is 1.82. The van der Waals surface area contributed by atoms with E-state index in [9.17, 15) is 4.39 Å². The number of likely N-dealkylation sites (N-methyl/N-ethyl adjacent to an activating group) is 1. The predicted molar refractivity (Wildman–Crippen MR) is 61.7 cm³/mol. The fraction of sp³-hybridized carbons (Fsp3) is 0.273. The summed E-state index contributed by atoms with van der Waals surface area (Å²) in [4.78, 5) is 0. The minimum Gasteiger partial charge on any atom is -0.316 e. The van der Waals surface area contributed by atoms with Crippen LogP contribution in [0.1, 0.15) is 12.5 Å². The number of benzene rings is 1. The van der Waals surface area contributed by atoms with E-state index in [0.29, 0.717) is 0 Å². The highest BCUT2D eigenvalue weighted by Gasteiger charge is 1.98. The first-order valence-electron chi connectivity index (χ1n) is 4.40. The van der Waals surface area contributed by atoms with Crippen LogP contribution in [-0.2, 0) is 0 Å². The molecule has 1 aromatic carbocycles. The quantitative estimate of drug-likeness (QED) is 0.877. The molecule has 0 saturated heterocycles. The Labute approximate surface area is 92.1 Å². The van der Waals surface area contributed by atoms with Crippen LogP contribution < -0.4 is 5.32 Å². The van der Waals surface area contributed by atoms with Gasteiger partial charge in [0.05, 0.1) is 0 Å². The van der Waals surface area contributed by atoms with Crippen molar-refractivity contribution in [2.75, 3.05) is 13.6 Å². The lowest BCUT2D eigenvalue weighted by Crippen LogP contribution is -2.08. The summed E-state index contributed by atoms with van der Waals surface area (Å²) in [5.41, 5.74) is 2.21. The molecule has 76 valence electrons. The first-order chi connectivity index (χ1) is 6.63. The van der Waals surface area contributed by atoms with Gasteiger partial charge in [-0.3, -0.25) is 0 Å². The van der Waals surface area contributed by atoms with Crippen LogP contribution in [0.15, 0.2) is 28.2 Å². The molecule has 1 nitrogen and oxygen atoms in total. The number of hydrogen-bond donors (Lipinski definition) is 1. The van der Waals surface area contributed by atoms with Crippen molar-refractivity contribution >= 4 is 22.0 Å². The molecule has 0 saturated carbocycles. The maximum absolute atomic E-state index is 12.8. The minimum atomic E-state index is -0.222. The molecule has 14 heavy (non-hydrogen) atoms. The zero-order valence-corrected chi connectivity index (χ0v) is 9.86. The Morgan fingerprint density at radius 3 is 2.86 bits per heavy atom. The summed E-state index contributed by atoms with van der Waals surface area (Å²) in [5, 5.41) is 3.06. The molecule has 0 aliphatic heterocycles. The highest BCUT2D eigenvalue weighted by atomic mass is 79.9. The summed E-state index contributed by atoms with van der Waals surface area (Å²) in [5.74, 6) is -0.222. The van der Waals surface area contributed by atoms with E-state index in [4.69, 9.17) is 0 Å². The lowest BCUT2D eigenvalue weighted by molar-refractivity contribution is 0.627. The maximum atomic E-state index is 12.8. The third-order valence-corrected chi connectivity index (χ3v) is 2.51. The topological polar surface area (TPSA) is 12.0 Å². The van der Waals surface area contributed by atoms with Crippen LogP contribution in [0.25, 0.3) is 6.08 Å². The average Bonchev–Trinajstić information content (AvgIpc) is 2.10. The number of rotatable bonds is 3. The van der Waals surface area contributed by atoms with Crippen molar-refractivity contribution in [3.05, 3.63) is 39.6 Å². The Hall–Kier alpha value is -0.670. The van der Waals surface area contributed by atoms with Crippen molar-refractivity contribution in [2.45, 2.75) is 6.92 Å². The molecule has 1 rings (SSSR count). The van der Waals surface area contributed by atoms with Crippen molar-refractivity contribution in [1.29, 1.82) is 0 Å². The molecule has 0 unspecified atom stereocenters. The summed E-state index contributed by atoms with van der Waals surface area (Å²) in [6.45, 7) is 2.87. The van der Waals surface area contributed by atoms with E-state index in [2.05, 4.69) is 21.2 Å². The molecule has 0 atom stereocenters. The Morgan fingerprint density at radius 1 is 1.57 bits per heavy atom. The van der Waals surface area contributed by atoms with Gasteiger partial charge in [-0.25, -0.2) is 4.39 Å². The van der Waals surface area contributed by atoms with Gasteiger partial charge >= 0.3 is 0 Å². The van der Waals surface area contributed by atoms with Gasteiger partial charge in [0.15, 0.2) is 0 Å². The molecular formula is C11H13BrFN. The van der Waals surface area contributed by atoms with Gasteiger partial charge in [-0.15, -0.1) is 0 Å². The van der Waals surface area contributed by atoms with E-state index in [1.165, 1.54) is 17.7 Å². The SMILES string of the molecule is CNC/C(C)=C/c1ccc(F)cc1Br. The van der Waals surface area contributed by atoms with Crippen molar-refractivity contribution in [3.8, 4) is 0 Å². The smallest absolute Gasteiger partial charge is 0.124 e. The third kappa shape index (κ3) is 3.24. The Balaban J connectivity index is 2.91. The zero-order chi connectivity index (χ0) is 10.6. The van der Waals surface area contributed by atoms with Crippen molar-refractivity contribution in [3.63, 3.8) is 0 Å². The number of halogens is 2. The maximum Gasteiger partial charge on any atom is 0.124 e. The van der Waals surface area contributed by atoms with E-state index in [1.54, 1.807) is 6.07 Å². The Bertz CT molecular complexity index is 347. The second-order valence-electron chi connectivity index (χ2n) is 3.19. The van der Waals surface area contributed by atoms with E-state index >= 15 is 0 Å². The molecule has 0 amide bonds. The van der Waals surface area contributed by atoms with Gasteiger partial charge in [0.1, 0.15) is 5.82 Å². The van der Waals surface area contributed by atoms with Crippen LogP contribution in [0.4, 0.5) is 4.39 Å². The largest absolute Gasteiger partial charge is 0.316 e. The minimum absolute atomic E-state index is 0.222. The lowest BCUT2D eigenvalue weighted by atomic mass is 10.1. The molecule has 0 aliphatic rings. The molecule has 0 radical (unpaired) electrons. The lowest BCUT2D eigenvalue weighted by Gasteiger charge is -2.02. The molecule has 0 aliphatic carbocycles. The second-order valence-corrected chi connectivity index (χ2v) is 4.04. The van der Waals surface area contributed by atoms with E-state index in [0.717, 1.165) is 16.6 Å². The van der Waals surface area contributed by atoms with Crippen LogP contribution >= 0.6 is 15.9 Å². The van der Waals surface area contributed by atoms with Gasteiger partial charge < -0.3 is 5.32 Å². The van der Waals surface area contributed by atoms with Crippen LogP contribution in [0.3, 0.4) is 0 Å².